The van der Waals surface area contributed by atoms with Crippen molar-refractivity contribution in [3.05, 3.63) is 30.6 Å². The van der Waals surface area contributed by atoms with Gasteiger partial charge in [0, 0.05) is 38.1 Å². The number of carbonyl (C=O) groups is 1. The van der Waals surface area contributed by atoms with Gasteiger partial charge in [-0.1, -0.05) is 0 Å². The lowest BCUT2D eigenvalue weighted by Crippen LogP contribution is -2.48. The van der Waals surface area contributed by atoms with Crippen molar-refractivity contribution in [1.29, 1.82) is 0 Å². The summed E-state index contributed by atoms with van der Waals surface area (Å²) in [6.07, 6.45) is 6.90. The number of nitrogens with zero attached hydrogens (tertiary/aromatic N) is 6. The molecule has 0 radical (unpaired) electrons. The number of hydrogen-bond acceptors (Lipinski definition) is 6. The molecule has 0 unspecified atom stereocenters. The minimum atomic E-state index is -0.171. The number of rotatable bonds is 5. The molecule has 0 aromatic carbocycles. The van der Waals surface area contributed by atoms with Crippen LogP contribution in [0, 0.1) is 0 Å². The summed E-state index contributed by atoms with van der Waals surface area (Å²) in [5.74, 6) is 1.50. The average molecular weight is 330 g/mol. The first-order chi connectivity index (χ1) is 11.8. The summed E-state index contributed by atoms with van der Waals surface area (Å²) < 4.78 is 1.90. The minimum Gasteiger partial charge on any atom is -0.341 e. The van der Waals surface area contributed by atoms with E-state index >= 15 is 0 Å². The van der Waals surface area contributed by atoms with Crippen molar-refractivity contribution in [1.82, 2.24) is 35.4 Å². The molecule has 9 nitrogen and oxygen atoms in total. The first-order valence-electron chi connectivity index (χ1n) is 8.19. The predicted molar refractivity (Wildman–Crippen MR) is 88.3 cm³/mol. The van der Waals surface area contributed by atoms with E-state index in [1.54, 1.807) is 18.7 Å². The summed E-state index contributed by atoms with van der Waals surface area (Å²) in [5.41, 5.74) is 0. The summed E-state index contributed by atoms with van der Waals surface area (Å²) in [6, 6.07) is 1.80. The van der Waals surface area contributed by atoms with E-state index in [-0.39, 0.29) is 12.1 Å². The fraction of sp³-hybridized carbons (Fsp3) is 0.533. The third-order valence-electron chi connectivity index (χ3n) is 4.11. The Kier molecular flexibility index (Phi) is 5.19. The summed E-state index contributed by atoms with van der Waals surface area (Å²) in [4.78, 5) is 22.7. The molecule has 9 heteroatoms. The zero-order valence-electron chi connectivity index (χ0n) is 13.7. The Balaban J connectivity index is 1.42. The van der Waals surface area contributed by atoms with Crippen LogP contribution in [0.15, 0.2) is 24.8 Å². The van der Waals surface area contributed by atoms with Crippen LogP contribution in [0.25, 0.3) is 0 Å². The number of hydrogen-bond donors (Lipinski definition) is 2. The van der Waals surface area contributed by atoms with Gasteiger partial charge < -0.3 is 20.1 Å². The molecular formula is C15H22N8O. The van der Waals surface area contributed by atoms with Gasteiger partial charge >= 0.3 is 6.03 Å². The quantitative estimate of drug-likeness (QED) is 0.830. The van der Waals surface area contributed by atoms with Crippen LogP contribution in [0.2, 0.25) is 0 Å². The Labute approximate surface area is 140 Å². The summed E-state index contributed by atoms with van der Waals surface area (Å²) in [6.45, 7) is 4.83. The number of urea groups is 1. The van der Waals surface area contributed by atoms with Crippen molar-refractivity contribution in [2.45, 2.75) is 38.9 Å². The zero-order chi connectivity index (χ0) is 16.8. The number of anilines is 1. The Morgan fingerprint density at radius 2 is 2.04 bits per heavy atom. The number of amides is 2. The number of nitrogens with one attached hydrogen (secondary N) is 2. The van der Waals surface area contributed by atoms with Gasteiger partial charge in [0.25, 0.3) is 0 Å². The largest absolute Gasteiger partial charge is 0.341 e. The standard InChI is InChI=1S/C15H22N8O/c1-2-22-11-19-21-13(22)10-18-15(24)20-12-4-8-23(9-5-12)14-16-6-3-7-17-14/h3,6-7,11-12H,2,4-5,8-10H2,1H3,(H2,18,20,24). The highest BCUT2D eigenvalue weighted by molar-refractivity contribution is 5.74. The van der Waals surface area contributed by atoms with Crippen molar-refractivity contribution in [2.24, 2.45) is 0 Å². The van der Waals surface area contributed by atoms with Crippen molar-refractivity contribution in [3.63, 3.8) is 0 Å². The molecule has 1 saturated heterocycles. The van der Waals surface area contributed by atoms with Gasteiger partial charge in [-0.2, -0.15) is 0 Å². The first-order valence-corrected chi connectivity index (χ1v) is 8.19. The molecule has 0 atom stereocenters. The van der Waals surface area contributed by atoms with E-state index in [4.69, 9.17) is 0 Å². The monoisotopic (exact) mass is 330 g/mol. The van der Waals surface area contributed by atoms with Gasteiger partial charge in [0.1, 0.15) is 6.33 Å². The van der Waals surface area contributed by atoms with Gasteiger partial charge in [0.15, 0.2) is 5.82 Å². The maximum atomic E-state index is 12.0. The van der Waals surface area contributed by atoms with Gasteiger partial charge in [-0.05, 0) is 25.8 Å². The second-order valence-corrected chi connectivity index (χ2v) is 5.67. The third kappa shape index (κ3) is 3.98. The van der Waals surface area contributed by atoms with Crippen molar-refractivity contribution < 1.29 is 4.79 Å². The molecule has 2 aromatic rings. The zero-order valence-corrected chi connectivity index (χ0v) is 13.7. The summed E-state index contributed by atoms with van der Waals surface area (Å²) >= 11 is 0. The van der Waals surface area contributed by atoms with Gasteiger partial charge in [0.2, 0.25) is 5.95 Å². The number of aromatic nitrogens is 5. The lowest BCUT2D eigenvalue weighted by atomic mass is 10.1. The predicted octanol–water partition coefficient (Wildman–Crippen LogP) is 0.556. The smallest absolute Gasteiger partial charge is 0.315 e. The Morgan fingerprint density at radius 1 is 1.29 bits per heavy atom. The molecule has 0 spiro atoms. The first kappa shape index (κ1) is 16.2. The molecule has 1 fully saturated rings. The maximum Gasteiger partial charge on any atom is 0.315 e. The van der Waals surface area contributed by atoms with Crippen molar-refractivity contribution >= 4 is 12.0 Å². The maximum absolute atomic E-state index is 12.0. The van der Waals surface area contributed by atoms with E-state index in [0.29, 0.717) is 6.54 Å². The van der Waals surface area contributed by atoms with Crippen LogP contribution in [0.3, 0.4) is 0 Å². The highest BCUT2D eigenvalue weighted by Crippen LogP contribution is 2.15. The van der Waals surface area contributed by atoms with Crippen LogP contribution in [0.1, 0.15) is 25.6 Å². The lowest BCUT2D eigenvalue weighted by Gasteiger charge is -2.32. The SMILES string of the molecule is CCn1cnnc1CNC(=O)NC1CCN(c2ncccn2)CC1. The molecule has 24 heavy (non-hydrogen) atoms. The average Bonchev–Trinajstić information content (AvgIpc) is 3.09. The summed E-state index contributed by atoms with van der Waals surface area (Å²) in [7, 11) is 0. The van der Waals surface area contributed by atoms with Crippen molar-refractivity contribution in [2.75, 3.05) is 18.0 Å². The van der Waals surface area contributed by atoms with Crippen molar-refractivity contribution in [3.8, 4) is 0 Å². The second-order valence-electron chi connectivity index (χ2n) is 5.67. The normalized spacial score (nSPS) is 15.3. The molecule has 128 valence electrons. The van der Waals surface area contributed by atoms with Crippen LogP contribution < -0.4 is 15.5 Å². The Morgan fingerprint density at radius 3 is 2.75 bits per heavy atom. The van der Waals surface area contributed by atoms with Crippen LogP contribution in [0.4, 0.5) is 10.7 Å². The molecule has 3 rings (SSSR count). The van der Waals surface area contributed by atoms with Gasteiger partial charge in [0.05, 0.1) is 6.54 Å². The second kappa shape index (κ2) is 7.71. The Hall–Kier alpha value is -2.71. The molecule has 0 bridgehead atoms. The molecule has 1 aliphatic rings. The summed E-state index contributed by atoms with van der Waals surface area (Å²) in [5, 5.41) is 13.7. The van der Waals surface area contributed by atoms with Crippen LogP contribution in [0.5, 0.6) is 0 Å². The number of piperidine rings is 1. The molecule has 2 N–H and O–H groups in total. The van der Waals surface area contributed by atoms with E-state index in [0.717, 1.165) is 44.2 Å². The van der Waals surface area contributed by atoms with E-state index in [2.05, 4.69) is 35.7 Å². The van der Waals surface area contributed by atoms with Gasteiger partial charge in [-0.3, -0.25) is 0 Å². The van der Waals surface area contributed by atoms with Crippen LogP contribution in [-0.4, -0.2) is 49.9 Å². The molecule has 0 saturated carbocycles. The van der Waals surface area contributed by atoms with Crippen LogP contribution >= 0.6 is 0 Å². The molecule has 2 amide bonds. The highest BCUT2D eigenvalue weighted by Gasteiger charge is 2.22. The fourth-order valence-corrected chi connectivity index (χ4v) is 2.75. The van der Waals surface area contributed by atoms with E-state index < -0.39 is 0 Å². The molecule has 3 heterocycles. The molecule has 0 aliphatic carbocycles. The fourth-order valence-electron chi connectivity index (χ4n) is 2.75. The van der Waals surface area contributed by atoms with E-state index in [9.17, 15) is 4.79 Å². The van der Waals surface area contributed by atoms with E-state index in [1.807, 2.05) is 17.6 Å². The minimum absolute atomic E-state index is 0.161. The molecular weight excluding hydrogens is 308 g/mol. The highest BCUT2D eigenvalue weighted by atomic mass is 16.2. The number of aryl methyl sites for hydroxylation is 1. The lowest BCUT2D eigenvalue weighted by molar-refractivity contribution is 0.233. The molecule has 1 aliphatic heterocycles. The van der Waals surface area contributed by atoms with Crippen LogP contribution in [-0.2, 0) is 13.1 Å². The molecule has 2 aromatic heterocycles. The topological polar surface area (TPSA) is 101 Å². The van der Waals surface area contributed by atoms with E-state index in [1.165, 1.54) is 0 Å². The van der Waals surface area contributed by atoms with Gasteiger partial charge in [-0.25, -0.2) is 14.8 Å². The number of carbonyl (C=O) groups excluding carboxylic acids is 1. The third-order valence-corrected chi connectivity index (χ3v) is 4.11. The Bertz CT molecular complexity index is 651. The van der Waals surface area contributed by atoms with Gasteiger partial charge in [-0.15, -0.1) is 10.2 Å².